The standard InChI is InChI=1S/C13H17Cl2FN2/c14-3-4-17-5-7-18(8-6-17)10-11-1-2-12(15)9-13(11)16/h1-2,9H,3-8,10H2. The van der Waals surface area contributed by atoms with E-state index >= 15 is 0 Å². The summed E-state index contributed by atoms with van der Waals surface area (Å²) in [4.78, 5) is 4.60. The van der Waals surface area contributed by atoms with Gasteiger partial charge in [-0.1, -0.05) is 17.7 Å². The van der Waals surface area contributed by atoms with Gasteiger partial charge < -0.3 is 0 Å². The zero-order valence-corrected chi connectivity index (χ0v) is 11.7. The number of alkyl halides is 1. The molecule has 0 radical (unpaired) electrons. The molecule has 0 amide bonds. The molecule has 1 aliphatic heterocycles. The Balaban J connectivity index is 1.87. The van der Waals surface area contributed by atoms with Crippen LogP contribution in [0.3, 0.4) is 0 Å². The number of piperazine rings is 1. The molecule has 0 atom stereocenters. The van der Waals surface area contributed by atoms with Crippen LogP contribution in [0.4, 0.5) is 4.39 Å². The highest BCUT2D eigenvalue weighted by molar-refractivity contribution is 6.30. The topological polar surface area (TPSA) is 6.48 Å². The molecule has 0 bridgehead atoms. The van der Waals surface area contributed by atoms with Gasteiger partial charge in [0.1, 0.15) is 5.82 Å². The SMILES string of the molecule is Fc1cc(Cl)ccc1CN1CCN(CCCl)CC1. The zero-order chi connectivity index (χ0) is 13.0. The Morgan fingerprint density at radius 1 is 1.11 bits per heavy atom. The maximum atomic E-state index is 13.7. The maximum absolute atomic E-state index is 13.7. The van der Waals surface area contributed by atoms with Crippen molar-refractivity contribution in [1.82, 2.24) is 9.80 Å². The normalized spacial score (nSPS) is 18.2. The van der Waals surface area contributed by atoms with E-state index in [0.29, 0.717) is 23.0 Å². The third-order valence-electron chi connectivity index (χ3n) is 3.27. The summed E-state index contributed by atoms with van der Waals surface area (Å²) in [5.41, 5.74) is 0.713. The highest BCUT2D eigenvalue weighted by Crippen LogP contribution is 2.17. The van der Waals surface area contributed by atoms with Gasteiger partial charge >= 0.3 is 0 Å². The summed E-state index contributed by atoms with van der Waals surface area (Å²) in [6, 6.07) is 4.88. The minimum atomic E-state index is -0.217. The molecule has 0 aliphatic carbocycles. The van der Waals surface area contributed by atoms with Gasteiger partial charge in [-0.3, -0.25) is 9.80 Å². The summed E-state index contributed by atoms with van der Waals surface area (Å²) < 4.78 is 13.7. The van der Waals surface area contributed by atoms with Crippen molar-refractivity contribution in [2.75, 3.05) is 38.6 Å². The lowest BCUT2D eigenvalue weighted by Crippen LogP contribution is -2.46. The molecule has 1 aliphatic rings. The van der Waals surface area contributed by atoms with E-state index in [9.17, 15) is 4.39 Å². The number of nitrogens with zero attached hydrogens (tertiary/aromatic N) is 2. The lowest BCUT2D eigenvalue weighted by Gasteiger charge is -2.34. The molecule has 0 spiro atoms. The minimum Gasteiger partial charge on any atom is -0.300 e. The number of hydrogen-bond donors (Lipinski definition) is 0. The van der Waals surface area contributed by atoms with E-state index in [1.165, 1.54) is 6.07 Å². The average molecular weight is 291 g/mol. The average Bonchev–Trinajstić information content (AvgIpc) is 2.35. The largest absolute Gasteiger partial charge is 0.300 e. The van der Waals surface area contributed by atoms with Crippen LogP contribution in [-0.4, -0.2) is 48.4 Å². The van der Waals surface area contributed by atoms with Crippen LogP contribution in [0, 0.1) is 5.82 Å². The van der Waals surface area contributed by atoms with Crippen molar-refractivity contribution in [1.29, 1.82) is 0 Å². The van der Waals surface area contributed by atoms with E-state index in [0.717, 1.165) is 32.7 Å². The van der Waals surface area contributed by atoms with Crippen LogP contribution in [0.15, 0.2) is 18.2 Å². The van der Waals surface area contributed by atoms with E-state index in [1.54, 1.807) is 12.1 Å². The van der Waals surface area contributed by atoms with Gasteiger partial charge in [-0.2, -0.15) is 0 Å². The molecule has 2 rings (SSSR count). The quantitative estimate of drug-likeness (QED) is 0.787. The molecule has 1 saturated heterocycles. The first kappa shape index (κ1) is 14.1. The molecule has 0 aromatic heterocycles. The van der Waals surface area contributed by atoms with E-state index in [4.69, 9.17) is 23.2 Å². The van der Waals surface area contributed by atoms with Crippen molar-refractivity contribution in [3.05, 3.63) is 34.6 Å². The summed E-state index contributed by atoms with van der Waals surface area (Å²) in [7, 11) is 0. The van der Waals surface area contributed by atoms with Gasteiger partial charge in [0.05, 0.1) is 0 Å². The highest BCUT2D eigenvalue weighted by atomic mass is 35.5. The summed E-state index contributed by atoms with van der Waals surface area (Å²) in [6.07, 6.45) is 0. The fourth-order valence-electron chi connectivity index (χ4n) is 2.18. The van der Waals surface area contributed by atoms with Crippen LogP contribution < -0.4 is 0 Å². The molecule has 100 valence electrons. The third-order valence-corrected chi connectivity index (χ3v) is 3.68. The molecule has 1 aromatic rings. The number of rotatable bonds is 4. The predicted octanol–water partition coefficient (Wildman–Crippen LogP) is 2.84. The van der Waals surface area contributed by atoms with Gasteiger partial charge in [0.15, 0.2) is 0 Å². The molecule has 0 N–H and O–H groups in total. The minimum absolute atomic E-state index is 0.217. The lowest BCUT2D eigenvalue weighted by molar-refractivity contribution is 0.131. The Bertz CT molecular complexity index is 393. The first-order valence-corrected chi connectivity index (χ1v) is 7.05. The first-order valence-electron chi connectivity index (χ1n) is 6.13. The van der Waals surface area contributed by atoms with Crippen LogP contribution in [-0.2, 0) is 6.54 Å². The van der Waals surface area contributed by atoms with E-state index in [1.807, 2.05) is 0 Å². The molecule has 1 aromatic carbocycles. The van der Waals surface area contributed by atoms with Crippen LogP contribution in [0.5, 0.6) is 0 Å². The second-order valence-electron chi connectivity index (χ2n) is 4.54. The van der Waals surface area contributed by atoms with Crippen molar-refractivity contribution in [3.8, 4) is 0 Å². The second kappa shape index (κ2) is 6.71. The molecule has 18 heavy (non-hydrogen) atoms. The Morgan fingerprint density at radius 3 is 2.39 bits per heavy atom. The van der Waals surface area contributed by atoms with Crippen LogP contribution >= 0.6 is 23.2 Å². The summed E-state index contributed by atoms with van der Waals surface area (Å²) in [5.74, 6) is 0.455. The fraction of sp³-hybridized carbons (Fsp3) is 0.538. The summed E-state index contributed by atoms with van der Waals surface area (Å²) in [6.45, 7) is 5.50. The Kier molecular flexibility index (Phi) is 5.25. The van der Waals surface area contributed by atoms with Crippen molar-refractivity contribution in [2.45, 2.75) is 6.54 Å². The first-order chi connectivity index (χ1) is 8.69. The second-order valence-corrected chi connectivity index (χ2v) is 5.36. The van der Waals surface area contributed by atoms with E-state index in [-0.39, 0.29) is 5.82 Å². The summed E-state index contributed by atoms with van der Waals surface area (Å²) in [5, 5.41) is 0.447. The van der Waals surface area contributed by atoms with Crippen molar-refractivity contribution < 1.29 is 4.39 Å². The molecule has 0 saturated carbocycles. The van der Waals surface area contributed by atoms with Gasteiger partial charge in [-0.05, 0) is 12.1 Å². The Hall–Kier alpha value is -0.350. The molecule has 0 unspecified atom stereocenters. The Morgan fingerprint density at radius 2 is 1.78 bits per heavy atom. The third kappa shape index (κ3) is 3.82. The molecule has 2 nitrogen and oxygen atoms in total. The molecular weight excluding hydrogens is 274 g/mol. The van der Waals surface area contributed by atoms with Gasteiger partial charge in [0.25, 0.3) is 0 Å². The summed E-state index contributed by atoms with van der Waals surface area (Å²) >= 11 is 11.5. The lowest BCUT2D eigenvalue weighted by atomic mass is 10.2. The van der Waals surface area contributed by atoms with Gasteiger partial charge in [0.2, 0.25) is 0 Å². The van der Waals surface area contributed by atoms with Crippen LogP contribution in [0.1, 0.15) is 5.56 Å². The molecule has 1 fully saturated rings. The van der Waals surface area contributed by atoms with E-state index < -0.39 is 0 Å². The van der Waals surface area contributed by atoms with Gasteiger partial charge in [-0.15, -0.1) is 11.6 Å². The van der Waals surface area contributed by atoms with E-state index in [2.05, 4.69) is 9.80 Å². The molecule has 1 heterocycles. The van der Waals surface area contributed by atoms with Crippen molar-refractivity contribution in [3.63, 3.8) is 0 Å². The zero-order valence-electron chi connectivity index (χ0n) is 10.2. The predicted molar refractivity (Wildman–Crippen MR) is 73.8 cm³/mol. The maximum Gasteiger partial charge on any atom is 0.129 e. The number of benzene rings is 1. The fourth-order valence-corrected chi connectivity index (χ4v) is 2.58. The van der Waals surface area contributed by atoms with Crippen LogP contribution in [0.2, 0.25) is 5.02 Å². The Labute approximate surface area is 117 Å². The molecule has 5 heteroatoms. The van der Waals surface area contributed by atoms with Crippen molar-refractivity contribution >= 4 is 23.2 Å². The van der Waals surface area contributed by atoms with Crippen molar-refractivity contribution in [2.24, 2.45) is 0 Å². The van der Waals surface area contributed by atoms with Gasteiger partial charge in [0, 0.05) is 55.7 Å². The highest BCUT2D eigenvalue weighted by Gasteiger charge is 2.17. The number of hydrogen-bond acceptors (Lipinski definition) is 2. The monoisotopic (exact) mass is 290 g/mol. The number of halogens is 3. The smallest absolute Gasteiger partial charge is 0.129 e. The molecular formula is C13H17Cl2FN2. The van der Waals surface area contributed by atoms with Gasteiger partial charge in [-0.25, -0.2) is 4.39 Å². The van der Waals surface area contributed by atoms with Crippen LogP contribution in [0.25, 0.3) is 0 Å².